The average molecular weight is 201 g/mol. The fourth-order valence-electron chi connectivity index (χ4n) is 2.06. The van der Waals surface area contributed by atoms with Gasteiger partial charge in [-0.25, -0.2) is 5.48 Å². The molecule has 80 valence electrons. The van der Waals surface area contributed by atoms with Gasteiger partial charge in [-0.15, -0.1) is 0 Å². The lowest BCUT2D eigenvalue weighted by Crippen LogP contribution is -2.46. The minimum absolute atomic E-state index is 0.0914. The Morgan fingerprint density at radius 2 is 2.07 bits per heavy atom. The molecular weight excluding hydrogens is 186 g/mol. The molecule has 0 radical (unpaired) electrons. The van der Waals surface area contributed by atoms with Gasteiger partial charge in [0.2, 0.25) is 5.91 Å². The number of nitrogens with one attached hydrogen (secondary N) is 1. The van der Waals surface area contributed by atoms with Gasteiger partial charge in [0.25, 0.3) is 0 Å². The summed E-state index contributed by atoms with van der Waals surface area (Å²) in [6, 6.07) is 0. The lowest BCUT2D eigenvalue weighted by molar-refractivity contribution is -0.217. The molecule has 0 aromatic carbocycles. The Morgan fingerprint density at radius 1 is 1.43 bits per heavy atom. The Labute approximate surface area is 82.3 Å². The fourth-order valence-corrected chi connectivity index (χ4v) is 2.06. The van der Waals surface area contributed by atoms with E-state index in [1.807, 2.05) is 0 Å². The first kappa shape index (κ1) is 9.89. The molecule has 0 atom stereocenters. The summed E-state index contributed by atoms with van der Waals surface area (Å²) in [4.78, 5) is 11.1. The third-order valence-corrected chi connectivity index (χ3v) is 3.03. The number of carbonyl (C=O) groups is 1. The molecule has 1 amide bonds. The number of hydrogen-bond donors (Lipinski definition) is 2. The molecule has 0 aromatic heterocycles. The largest absolute Gasteiger partial charge is 0.347 e. The highest BCUT2D eigenvalue weighted by Crippen LogP contribution is 2.43. The predicted molar refractivity (Wildman–Crippen MR) is 46.5 cm³/mol. The standard InChI is InChI=1S/C9H15NO4/c11-8(10-12)6-9(7-2-1-3-7)13-4-5-14-9/h7,12H,1-6H2,(H,10,11). The highest BCUT2D eigenvalue weighted by molar-refractivity contribution is 5.75. The number of ether oxygens (including phenoxy) is 2. The van der Waals surface area contributed by atoms with Crippen molar-refractivity contribution in [1.29, 1.82) is 0 Å². The summed E-state index contributed by atoms with van der Waals surface area (Å²) in [7, 11) is 0. The van der Waals surface area contributed by atoms with Crippen molar-refractivity contribution in [3.63, 3.8) is 0 Å². The first-order valence-electron chi connectivity index (χ1n) is 4.98. The van der Waals surface area contributed by atoms with E-state index in [1.165, 1.54) is 6.42 Å². The van der Waals surface area contributed by atoms with Gasteiger partial charge < -0.3 is 9.47 Å². The average Bonchev–Trinajstić information content (AvgIpc) is 2.50. The Bertz CT molecular complexity index is 221. The van der Waals surface area contributed by atoms with E-state index >= 15 is 0 Å². The minimum Gasteiger partial charge on any atom is -0.347 e. The van der Waals surface area contributed by atoms with Crippen LogP contribution >= 0.6 is 0 Å². The van der Waals surface area contributed by atoms with Crippen LogP contribution in [0, 0.1) is 5.92 Å². The lowest BCUT2D eigenvalue weighted by atomic mass is 9.77. The van der Waals surface area contributed by atoms with Gasteiger partial charge in [-0.05, 0) is 12.8 Å². The molecule has 0 bridgehead atoms. The molecule has 1 aliphatic heterocycles. The van der Waals surface area contributed by atoms with Crippen LogP contribution < -0.4 is 5.48 Å². The molecular formula is C9H15NO4. The normalized spacial score (nSPS) is 25.8. The molecule has 2 aliphatic rings. The van der Waals surface area contributed by atoms with Crippen LogP contribution in [-0.4, -0.2) is 30.1 Å². The van der Waals surface area contributed by atoms with E-state index in [0.717, 1.165) is 12.8 Å². The van der Waals surface area contributed by atoms with Crippen LogP contribution in [0.15, 0.2) is 0 Å². The zero-order valence-corrected chi connectivity index (χ0v) is 7.99. The predicted octanol–water partition coefficient (Wildman–Crippen LogP) is 0.425. The zero-order valence-electron chi connectivity index (χ0n) is 7.99. The molecule has 0 spiro atoms. The second kappa shape index (κ2) is 3.84. The Balaban J connectivity index is 2.01. The maximum atomic E-state index is 11.1. The molecule has 0 aromatic rings. The van der Waals surface area contributed by atoms with E-state index in [4.69, 9.17) is 14.7 Å². The summed E-state index contributed by atoms with van der Waals surface area (Å²) >= 11 is 0. The molecule has 5 heteroatoms. The van der Waals surface area contributed by atoms with Crippen molar-refractivity contribution in [2.45, 2.75) is 31.5 Å². The van der Waals surface area contributed by atoms with Gasteiger partial charge in [0, 0.05) is 5.92 Å². The third-order valence-electron chi connectivity index (χ3n) is 3.03. The SMILES string of the molecule is O=C(CC1(C2CCC2)OCCO1)NO. The second-order valence-electron chi connectivity index (χ2n) is 3.85. The molecule has 2 fully saturated rings. The first-order valence-corrected chi connectivity index (χ1v) is 4.98. The molecule has 1 saturated carbocycles. The van der Waals surface area contributed by atoms with Crippen LogP contribution in [-0.2, 0) is 14.3 Å². The van der Waals surface area contributed by atoms with Crippen LogP contribution in [0.2, 0.25) is 0 Å². The maximum absolute atomic E-state index is 11.1. The van der Waals surface area contributed by atoms with E-state index in [1.54, 1.807) is 5.48 Å². The number of amides is 1. The summed E-state index contributed by atoms with van der Waals surface area (Å²) in [6.07, 6.45) is 3.34. The smallest absolute Gasteiger partial charge is 0.248 e. The van der Waals surface area contributed by atoms with Crippen molar-refractivity contribution in [1.82, 2.24) is 5.48 Å². The van der Waals surface area contributed by atoms with Crippen molar-refractivity contribution in [3.05, 3.63) is 0 Å². The van der Waals surface area contributed by atoms with E-state index in [-0.39, 0.29) is 6.42 Å². The molecule has 5 nitrogen and oxygen atoms in total. The summed E-state index contributed by atoms with van der Waals surface area (Å²) < 4.78 is 11.0. The van der Waals surface area contributed by atoms with Crippen LogP contribution in [0.4, 0.5) is 0 Å². The number of hydroxylamine groups is 1. The molecule has 1 heterocycles. The number of carbonyl (C=O) groups excluding carboxylic acids is 1. The third kappa shape index (κ3) is 1.63. The minimum atomic E-state index is -0.759. The van der Waals surface area contributed by atoms with Gasteiger partial charge in [0.15, 0.2) is 5.79 Å². The van der Waals surface area contributed by atoms with Gasteiger partial charge in [0.1, 0.15) is 0 Å². The van der Waals surface area contributed by atoms with Gasteiger partial charge in [-0.1, -0.05) is 6.42 Å². The monoisotopic (exact) mass is 201 g/mol. The maximum Gasteiger partial charge on any atom is 0.248 e. The Kier molecular flexibility index (Phi) is 2.71. The van der Waals surface area contributed by atoms with E-state index < -0.39 is 11.7 Å². The quantitative estimate of drug-likeness (QED) is 0.513. The highest BCUT2D eigenvalue weighted by atomic mass is 16.7. The van der Waals surface area contributed by atoms with E-state index in [2.05, 4.69) is 0 Å². The van der Waals surface area contributed by atoms with Gasteiger partial charge >= 0.3 is 0 Å². The lowest BCUT2D eigenvalue weighted by Gasteiger charge is -2.40. The summed E-state index contributed by atoms with van der Waals surface area (Å²) in [5.41, 5.74) is 1.62. The molecule has 14 heavy (non-hydrogen) atoms. The zero-order chi connectivity index (χ0) is 10.0. The van der Waals surface area contributed by atoms with Crippen LogP contribution in [0.1, 0.15) is 25.7 Å². The van der Waals surface area contributed by atoms with Crippen molar-refractivity contribution >= 4 is 5.91 Å². The topological polar surface area (TPSA) is 67.8 Å². The van der Waals surface area contributed by atoms with Crippen LogP contribution in [0.25, 0.3) is 0 Å². The molecule has 0 unspecified atom stereocenters. The number of hydrogen-bond acceptors (Lipinski definition) is 4. The fraction of sp³-hybridized carbons (Fsp3) is 0.889. The summed E-state index contributed by atoms with van der Waals surface area (Å²) in [6.45, 7) is 1.07. The summed E-state index contributed by atoms with van der Waals surface area (Å²) in [5.74, 6) is -0.897. The molecule has 1 aliphatic carbocycles. The van der Waals surface area contributed by atoms with Gasteiger partial charge in [0.05, 0.1) is 19.6 Å². The van der Waals surface area contributed by atoms with Gasteiger partial charge in [-0.3, -0.25) is 10.0 Å². The van der Waals surface area contributed by atoms with Gasteiger partial charge in [-0.2, -0.15) is 0 Å². The van der Waals surface area contributed by atoms with Crippen molar-refractivity contribution in [2.24, 2.45) is 5.92 Å². The van der Waals surface area contributed by atoms with Crippen LogP contribution in [0.3, 0.4) is 0 Å². The second-order valence-corrected chi connectivity index (χ2v) is 3.85. The van der Waals surface area contributed by atoms with Crippen molar-refractivity contribution < 1.29 is 19.5 Å². The van der Waals surface area contributed by atoms with Crippen molar-refractivity contribution in [2.75, 3.05) is 13.2 Å². The van der Waals surface area contributed by atoms with E-state index in [0.29, 0.717) is 19.1 Å². The molecule has 1 saturated heterocycles. The van der Waals surface area contributed by atoms with Crippen molar-refractivity contribution in [3.8, 4) is 0 Å². The molecule has 2 rings (SSSR count). The highest BCUT2D eigenvalue weighted by Gasteiger charge is 2.48. The first-order chi connectivity index (χ1) is 6.77. The van der Waals surface area contributed by atoms with E-state index in [9.17, 15) is 4.79 Å². The summed E-state index contributed by atoms with van der Waals surface area (Å²) in [5, 5.41) is 8.47. The Hall–Kier alpha value is -0.650. The Morgan fingerprint density at radius 3 is 2.50 bits per heavy atom. The van der Waals surface area contributed by atoms with Crippen LogP contribution in [0.5, 0.6) is 0 Å². The number of rotatable bonds is 3. The molecule has 2 N–H and O–H groups in total.